The lowest BCUT2D eigenvalue weighted by Crippen LogP contribution is -2.45. The first kappa shape index (κ1) is 10.2. The summed E-state index contributed by atoms with van der Waals surface area (Å²) in [5.74, 6) is 0. The summed E-state index contributed by atoms with van der Waals surface area (Å²) >= 11 is 0. The Morgan fingerprint density at radius 2 is 1.73 bits per heavy atom. The van der Waals surface area contributed by atoms with E-state index in [2.05, 4.69) is 29.2 Å². The van der Waals surface area contributed by atoms with Crippen molar-refractivity contribution in [2.24, 2.45) is 0 Å². The van der Waals surface area contributed by atoms with E-state index in [9.17, 15) is 4.79 Å². The molecule has 1 fully saturated rings. The number of carbonyl (C=O) groups excluding carboxylic acids is 1. The summed E-state index contributed by atoms with van der Waals surface area (Å²) in [4.78, 5) is 14.8. The van der Waals surface area contributed by atoms with Gasteiger partial charge in [0, 0.05) is 32.7 Å². The molecule has 0 saturated carbocycles. The van der Waals surface area contributed by atoms with Gasteiger partial charge in [0.2, 0.25) is 6.41 Å². The summed E-state index contributed by atoms with van der Waals surface area (Å²) in [6.07, 6.45) is 0.944. The van der Waals surface area contributed by atoms with E-state index in [1.54, 1.807) is 0 Å². The fourth-order valence-electron chi connectivity index (χ4n) is 1.87. The number of hydrogen-bond acceptors (Lipinski definition) is 2. The number of carbonyl (C=O) groups is 1. The Morgan fingerprint density at radius 1 is 1.07 bits per heavy atom. The van der Waals surface area contributed by atoms with Gasteiger partial charge in [0.25, 0.3) is 0 Å². The van der Waals surface area contributed by atoms with Gasteiger partial charge in [-0.3, -0.25) is 9.69 Å². The molecule has 1 aromatic rings. The molecule has 0 radical (unpaired) electrons. The normalized spacial score (nSPS) is 17.7. The predicted octanol–water partition coefficient (Wildman–Crippen LogP) is 0.961. The van der Waals surface area contributed by atoms with E-state index in [1.807, 2.05) is 11.0 Å². The van der Waals surface area contributed by atoms with Gasteiger partial charge in [0.05, 0.1) is 0 Å². The molecule has 1 heterocycles. The lowest BCUT2D eigenvalue weighted by atomic mass is 10.2. The second-order valence-corrected chi connectivity index (χ2v) is 3.90. The monoisotopic (exact) mass is 204 g/mol. The van der Waals surface area contributed by atoms with Gasteiger partial charge in [-0.2, -0.15) is 0 Å². The van der Waals surface area contributed by atoms with Crippen molar-refractivity contribution in [3.8, 4) is 0 Å². The second-order valence-electron chi connectivity index (χ2n) is 3.90. The Bertz CT molecular complexity index is 305. The van der Waals surface area contributed by atoms with Crippen molar-refractivity contribution >= 4 is 6.41 Å². The van der Waals surface area contributed by atoms with Gasteiger partial charge in [-0.25, -0.2) is 0 Å². The highest BCUT2D eigenvalue weighted by atomic mass is 16.1. The SMILES string of the molecule is O=CN1CCN(Cc2ccccc2)CC1. The predicted molar refractivity (Wildman–Crippen MR) is 59.4 cm³/mol. The number of nitrogens with zero attached hydrogens (tertiary/aromatic N) is 2. The van der Waals surface area contributed by atoms with Gasteiger partial charge >= 0.3 is 0 Å². The zero-order valence-electron chi connectivity index (χ0n) is 8.80. The first-order valence-corrected chi connectivity index (χ1v) is 5.34. The molecular weight excluding hydrogens is 188 g/mol. The summed E-state index contributed by atoms with van der Waals surface area (Å²) < 4.78 is 0. The average Bonchev–Trinajstić information content (AvgIpc) is 2.31. The summed E-state index contributed by atoms with van der Waals surface area (Å²) in [6.45, 7) is 4.67. The highest BCUT2D eigenvalue weighted by Gasteiger charge is 2.14. The third-order valence-electron chi connectivity index (χ3n) is 2.80. The first-order valence-electron chi connectivity index (χ1n) is 5.34. The Labute approximate surface area is 90.3 Å². The van der Waals surface area contributed by atoms with Crippen LogP contribution in [0.25, 0.3) is 0 Å². The van der Waals surface area contributed by atoms with Crippen molar-refractivity contribution in [3.63, 3.8) is 0 Å². The fraction of sp³-hybridized carbons (Fsp3) is 0.417. The van der Waals surface area contributed by atoms with E-state index in [1.165, 1.54) is 5.56 Å². The van der Waals surface area contributed by atoms with Crippen LogP contribution in [0, 0.1) is 0 Å². The van der Waals surface area contributed by atoms with Crippen LogP contribution in [0.2, 0.25) is 0 Å². The molecule has 0 bridgehead atoms. The van der Waals surface area contributed by atoms with Gasteiger partial charge in [-0.05, 0) is 5.56 Å². The Hall–Kier alpha value is -1.35. The molecule has 15 heavy (non-hydrogen) atoms. The first-order chi connectivity index (χ1) is 7.38. The van der Waals surface area contributed by atoms with Gasteiger partial charge in [-0.15, -0.1) is 0 Å². The number of piperazine rings is 1. The summed E-state index contributed by atoms with van der Waals surface area (Å²) in [7, 11) is 0. The van der Waals surface area contributed by atoms with Crippen LogP contribution in [0.5, 0.6) is 0 Å². The third-order valence-corrected chi connectivity index (χ3v) is 2.80. The second kappa shape index (κ2) is 4.94. The van der Waals surface area contributed by atoms with Crippen molar-refractivity contribution in [3.05, 3.63) is 35.9 Å². The Kier molecular flexibility index (Phi) is 3.35. The van der Waals surface area contributed by atoms with E-state index in [0.29, 0.717) is 0 Å². The van der Waals surface area contributed by atoms with E-state index < -0.39 is 0 Å². The Morgan fingerprint density at radius 3 is 2.33 bits per heavy atom. The molecule has 0 atom stereocenters. The lowest BCUT2D eigenvalue weighted by molar-refractivity contribution is -0.119. The van der Waals surface area contributed by atoms with Crippen molar-refractivity contribution in [1.29, 1.82) is 0 Å². The molecule has 3 heteroatoms. The molecule has 0 unspecified atom stereocenters. The van der Waals surface area contributed by atoms with Crippen LogP contribution in [-0.4, -0.2) is 42.4 Å². The van der Waals surface area contributed by atoms with Crippen LogP contribution in [0.4, 0.5) is 0 Å². The van der Waals surface area contributed by atoms with Crippen LogP contribution < -0.4 is 0 Å². The molecule has 1 amide bonds. The van der Waals surface area contributed by atoms with Gasteiger partial charge in [0.15, 0.2) is 0 Å². The summed E-state index contributed by atoms with van der Waals surface area (Å²) in [6, 6.07) is 10.5. The Balaban J connectivity index is 1.85. The zero-order chi connectivity index (χ0) is 10.5. The summed E-state index contributed by atoms with van der Waals surface area (Å²) in [5.41, 5.74) is 1.34. The average molecular weight is 204 g/mol. The largest absolute Gasteiger partial charge is 0.343 e. The van der Waals surface area contributed by atoms with Crippen LogP contribution in [-0.2, 0) is 11.3 Å². The number of hydrogen-bond donors (Lipinski definition) is 0. The van der Waals surface area contributed by atoms with Gasteiger partial charge in [-0.1, -0.05) is 30.3 Å². The maximum atomic E-state index is 10.5. The number of rotatable bonds is 3. The zero-order valence-corrected chi connectivity index (χ0v) is 8.80. The molecule has 2 rings (SSSR count). The van der Waals surface area contributed by atoms with E-state index >= 15 is 0 Å². The maximum Gasteiger partial charge on any atom is 0.209 e. The van der Waals surface area contributed by atoms with Crippen LogP contribution in [0.15, 0.2) is 30.3 Å². The minimum absolute atomic E-state index is 0.857. The van der Waals surface area contributed by atoms with Gasteiger partial charge < -0.3 is 4.90 Å². The molecular formula is C12H16N2O. The smallest absolute Gasteiger partial charge is 0.209 e. The van der Waals surface area contributed by atoms with Gasteiger partial charge in [0.1, 0.15) is 0 Å². The molecule has 0 spiro atoms. The molecule has 1 saturated heterocycles. The molecule has 1 aromatic carbocycles. The van der Waals surface area contributed by atoms with Crippen LogP contribution in [0.1, 0.15) is 5.56 Å². The lowest BCUT2D eigenvalue weighted by Gasteiger charge is -2.32. The minimum Gasteiger partial charge on any atom is -0.343 e. The summed E-state index contributed by atoms with van der Waals surface area (Å²) in [5, 5.41) is 0. The van der Waals surface area contributed by atoms with E-state index in [-0.39, 0.29) is 0 Å². The van der Waals surface area contributed by atoms with Crippen molar-refractivity contribution in [2.45, 2.75) is 6.54 Å². The molecule has 0 aliphatic carbocycles. The molecule has 3 nitrogen and oxygen atoms in total. The molecule has 1 aliphatic heterocycles. The quantitative estimate of drug-likeness (QED) is 0.685. The van der Waals surface area contributed by atoms with E-state index in [0.717, 1.165) is 39.1 Å². The molecule has 1 aliphatic rings. The van der Waals surface area contributed by atoms with E-state index in [4.69, 9.17) is 0 Å². The fourth-order valence-corrected chi connectivity index (χ4v) is 1.87. The highest BCUT2D eigenvalue weighted by molar-refractivity contribution is 5.47. The molecule has 0 N–H and O–H groups in total. The van der Waals surface area contributed by atoms with Crippen molar-refractivity contribution < 1.29 is 4.79 Å². The minimum atomic E-state index is 0.857. The maximum absolute atomic E-state index is 10.5. The highest BCUT2D eigenvalue weighted by Crippen LogP contribution is 2.07. The molecule has 80 valence electrons. The van der Waals surface area contributed by atoms with Crippen molar-refractivity contribution in [2.75, 3.05) is 26.2 Å². The topological polar surface area (TPSA) is 23.6 Å². The van der Waals surface area contributed by atoms with Crippen LogP contribution in [0.3, 0.4) is 0 Å². The number of amides is 1. The van der Waals surface area contributed by atoms with Crippen LogP contribution >= 0.6 is 0 Å². The standard InChI is InChI=1S/C12H16N2O/c15-11-14-8-6-13(7-9-14)10-12-4-2-1-3-5-12/h1-5,11H,6-10H2. The molecule has 0 aromatic heterocycles. The van der Waals surface area contributed by atoms with Crippen molar-refractivity contribution in [1.82, 2.24) is 9.80 Å². The number of benzene rings is 1. The third kappa shape index (κ3) is 2.80.